The van der Waals surface area contributed by atoms with E-state index in [0.717, 1.165) is 56.1 Å². The summed E-state index contributed by atoms with van der Waals surface area (Å²) < 4.78 is 21.8. The van der Waals surface area contributed by atoms with Crippen molar-refractivity contribution in [3.63, 3.8) is 0 Å². The molecule has 1 saturated heterocycles. The first-order valence-corrected chi connectivity index (χ1v) is 11.0. The third kappa shape index (κ3) is 3.22. The fourth-order valence-corrected chi connectivity index (χ4v) is 5.09. The predicted molar refractivity (Wildman–Crippen MR) is 110 cm³/mol. The second-order valence-electron chi connectivity index (χ2n) is 8.84. The van der Waals surface area contributed by atoms with E-state index in [1.165, 1.54) is 10.7 Å². The van der Waals surface area contributed by atoms with Gasteiger partial charge < -0.3 is 9.63 Å². The van der Waals surface area contributed by atoms with Crippen LogP contribution in [0, 0.1) is 5.82 Å². The third-order valence-electron chi connectivity index (χ3n) is 6.55. The standard InChI is InChI=1S/C22H28FN5O2/c1-13(2)19-14-7-5-8-15(23)20(14)28(25-19)22-24-21(30-26-22)17-9-3-4-12-27(17)16-10-6-11-18(16)29/h5,7-8,13,16-18,29H,3-4,6,9-12H2,1-2H3/t16-,17?,18-/m1/s1. The molecule has 5 rings (SSSR count). The molecule has 3 atom stereocenters. The molecule has 1 saturated carbocycles. The Labute approximate surface area is 174 Å². The third-order valence-corrected chi connectivity index (χ3v) is 6.55. The van der Waals surface area contributed by atoms with Crippen LogP contribution < -0.4 is 0 Å². The highest BCUT2D eigenvalue weighted by Crippen LogP contribution is 2.37. The number of fused-ring (bicyclic) bond motifs is 1. The minimum Gasteiger partial charge on any atom is -0.391 e. The monoisotopic (exact) mass is 413 g/mol. The number of likely N-dealkylation sites (tertiary alicyclic amines) is 1. The molecule has 0 radical (unpaired) electrons. The SMILES string of the molecule is CC(C)c1nn(-c2noc(C3CCCCN3[C@@H]3CCC[C@H]3O)n2)c2c(F)cccc12. The lowest BCUT2D eigenvalue weighted by Crippen LogP contribution is -2.45. The molecular weight excluding hydrogens is 385 g/mol. The Morgan fingerprint density at radius 2 is 2.03 bits per heavy atom. The molecule has 2 aliphatic rings. The van der Waals surface area contributed by atoms with Gasteiger partial charge in [0, 0.05) is 11.4 Å². The van der Waals surface area contributed by atoms with Gasteiger partial charge >= 0.3 is 0 Å². The van der Waals surface area contributed by atoms with Crippen molar-refractivity contribution in [1.29, 1.82) is 0 Å². The first-order valence-electron chi connectivity index (χ1n) is 11.0. The summed E-state index contributed by atoms with van der Waals surface area (Å²) in [7, 11) is 0. The Bertz CT molecular complexity index is 1050. The van der Waals surface area contributed by atoms with Gasteiger partial charge in [0.1, 0.15) is 11.3 Å². The van der Waals surface area contributed by atoms with Gasteiger partial charge in [0.15, 0.2) is 0 Å². The van der Waals surface area contributed by atoms with Gasteiger partial charge in [-0.05, 0) is 55.8 Å². The van der Waals surface area contributed by atoms with E-state index in [1.54, 1.807) is 6.07 Å². The zero-order chi connectivity index (χ0) is 20.8. The maximum atomic E-state index is 14.7. The van der Waals surface area contributed by atoms with E-state index in [0.29, 0.717) is 11.4 Å². The summed E-state index contributed by atoms with van der Waals surface area (Å²) in [6.07, 6.45) is 5.68. The predicted octanol–water partition coefficient (Wildman–Crippen LogP) is 4.11. The average molecular weight is 413 g/mol. The molecule has 160 valence electrons. The van der Waals surface area contributed by atoms with Crippen LogP contribution in [0.5, 0.6) is 0 Å². The highest BCUT2D eigenvalue weighted by atomic mass is 19.1. The van der Waals surface area contributed by atoms with Crippen molar-refractivity contribution >= 4 is 10.9 Å². The number of benzene rings is 1. The van der Waals surface area contributed by atoms with Crippen LogP contribution in [-0.2, 0) is 0 Å². The van der Waals surface area contributed by atoms with Crippen LogP contribution in [0.15, 0.2) is 22.7 Å². The van der Waals surface area contributed by atoms with Crippen molar-refractivity contribution in [2.45, 2.75) is 76.5 Å². The Morgan fingerprint density at radius 1 is 1.17 bits per heavy atom. The molecule has 1 aliphatic heterocycles. The van der Waals surface area contributed by atoms with Crippen LogP contribution in [0.3, 0.4) is 0 Å². The topological polar surface area (TPSA) is 80.2 Å². The Morgan fingerprint density at radius 3 is 2.80 bits per heavy atom. The number of aromatic nitrogens is 4. The van der Waals surface area contributed by atoms with E-state index >= 15 is 0 Å². The Balaban J connectivity index is 1.53. The van der Waals surface area contributed by atoms with Crippen molar-refractivity contribution in [2.75, 3.05) is 6.54 Å². The second-order valence-corrected chi connectivity index (χ2v) is 8.84. The smallest absolute Gasteiger partial charge is 0.291 e. The van der Waals surface area contributed by atoms with Crippen LogP contribution in [0.25, 0.3) is 16.9 Å². The largest absolute Gasteiger partial charge is 0.391 e. The normalized spacial score (nSPS) is 25.6. The Hall–Kier alpha value is -2.32. The summed E-state index contributed by atoms with van der Waals surface area (Å²) in [6.45, 7) is 4.98. The summed E-state index contributed by atoms with van der Waals surface area (Å²) in [6, 6.07) is 5.12. The lowest BCUT2D eigenvalue weighted by atomic mass is 9.98. The summed E-state index contributed by atoms with van der Waals surface area (Å²) in [5.41, 5.74) is 1.18. The van der Waals surface area contributed by atoms with Gasteiger partial charge in [-0.3, -0.25) is 4.90 Å². The number of piperidine rings is 1. The summed E-state index contributed by atoms with van der Waals surface area (Å²) in [5, 5.41) is 20.0. The van der Waals surface area contributed by atoms with Gasteiger partial charge in [0.25, 0.3) is 5.95 Å². The van der Waals surface area contributed by atoms with Crippen molar-refractivity contribution in [2.24, 2.45) is 0 Å². The molecule has 7 nitrogen and oxygen atoms in total. The highest BCUT2D eigenvalue weighted by Gasteiger charge is 2.39. The number of aliphatic hydroxyl groups is 1. The van der Waals surface area contributed by atoms with E-state index < -0.39 is 0 Å². The molecule has 1 aromatic carbocycles. The van der Waals surface area contributed by atoms with E-state index in [-0.39, 0.29) is 35.9 Å². The highest BCUT2D eigenvalue weighted by molar-refractivity contribution is 5.84. The van der Waals surface area contributed by atoms with Crippen LogP contribution in [0.4, 0.5) is 4.39 Å². The van der Waals surface area contributed by atoms with E-state index in [4.69, 9.17) is 4.52 Å². The zero-order valence-corrected chi connectivity index (χ0v) is 17.5. The van der Waals surface area contributed by atoms with Gasteiger partial charge in [0.2, 0.25) is 5.89 Å². The van der Waals surface area contributed by atoms with Crippen molar-refractivity contribution in [3.8, 4) is 5.95 Å². The summed E-state index contributed by atoms with van der Waals surface area (Å²) >= 11 is 0. The molecule has 2 fully saturated rings. The molecule has 1 aliphatic carbocycles. The molecule has 3 aromatic rings. The molecule has 1 N–H and O–H groups in total. The summed E-state index contributed by atoms with van der Waals surface area (Å²) in [4.78, 5) is 6.98. The fraction of sp³-hybridized carbons (Fsp3) is 0.591. The Kier molecular flexibility index (Phi) is 5.06. The molecule has 0 spiro atoms. The number of halogens is 1. The summed E-state index contributed by atoms with van der Waals surface area (Å²) in [5.74, 6) is 0.561. The minimum absolute atomic E-state index is 0.0195. The maximum Gasteiger partial charge on any atom is 0.291 e. The minimum atomic E-state index is -0.355. The lowest BCUT2D eigenvalue weighted by molar-refractivity contribution is 0.0136. The number of hydrogen-bond donors (Lipinski definition) is 1. The number of para-hydroxylation sites is 1. The molecule has 30 heavy (non-hydrogen) atoms. The average Bonchev–Trinajstić information content (AvgIpc) is 3.46. The van der Waals surface area contributed by atoms with Crippen molar-refractivity contribution < 1.29 is 14.0 Å². The molecule has 0 amide bonds. The second kappa shape index (κ2) is 7.74. The molecule has 0 bridgehead atoms. The number of nitrogens with zero attached hydrogens (tertiary/aromatic N) is 5. The molecule has 8 heteroatoms. The van der Waals surface area contributed by atoms with Crippen LogP contribution in [0.1, 0.15) is 75.9 Å². The van der Waals surface area contributed by atoms with Gasteiger partial charge in [0.05, 0.1) is 17.8 Å². The molecule has 1 unspecified atom stereocenters. The number of rotatable bonds is 4. The van der Waals surface area contributed by atoms with Gasteiger partial charge in [-0.25, -0.2) is 4.39 Å². The van der Waals surface area contributed by atoms with Crippen LogP contribution in [-0.4, -0.2) is 48.6 Å². The first-order chi connectivity index (χ1) is 14.5. The quantitative estimate of drug-likeness (QED) is 0.693. The molecule has 3 heterocycles. The first kappa shape index (κ1) is 19.6. The van der Waals surface area contributed by atoms with Gasteiger partial charge in [-0.1, -0.05) is 32.4 Å². The van der Waals surface area contributed by atoms with Gasteiger partial charge in [-0.2, -0.15) is 14.8 Å². The fourth-order valence-electron chi connectivity index (χ4n) is 5.09. The number of aliphatic hydroxyl groups excluding tert-OH is 1. The van der Waals surface area contributed by atoms with E-state index in [2.05, 4.69) is 20.1 Å². The van der Waals surface area contributed by atoms with Crippen molar-refractivity contribution in [1.82, 2.24) is 24.8 Å². The van der Waals surface area contributed by atoms with E-state index in [9.17, 15) is 9.50 Å². The van der Waals surface area contributed by atoms with E-state index in [1.807, 2.05) is 19.9 Å². The molecule has 2 aromatic heterocycles. The van der Waals surface area contributed by atoms with Crippen LogP contribution in [0.2, 0.25) is 0 Å². The molecular formula is C22H28FN5O2. The van der Waals surface area contributed by atoms with Gasteiger partial charge in [-0.15, -0.1) is 0 Å². The lowest BCUT2D eigenvalue weighted by Gasteiger charge is -2.39. The number of hydrogen-bond acceptors (Lipinski definition) is 6. The van der Waals surface area contributed by atoms with Crippen molar-refractivity contribution in [3.05, 3.63) is 35.6 Å². The maximum absolute atomic E-state index is 14.7. The zero-order valence-electron chi connectivity index (χ0n) is 17.5. The van der Waals surface area contributed by atoms with Crippen LogP contribution >= 0.6 is 0 Å².